The first kappa shape index (κ1) is 39.0. The van der Waals surface area contributed by atoms with Crippen LogP contribution in [0.4, 0.5) is 5.69 Å². The molecule has 0 amide bonds. The molecule has 0 radical (unpaired) electrons. The molecule has 322 valence electrons. The Bertz CT molecular complexity index is 4630. The van der Waals surface area contributed by atoms with Gasteiger partial charge in [-0.3, -0.25) is 0 Å². The molecule has 0 saturated carbocycles. The Morgan fingerprint density at radius 2 is 0.814 bits per heavy atom. The van der Waals surface area contributed by atoms with E-state index in [4.69, 9.17) is 0 Å². The van der Waals surface area contributed by atoms with Gasteiger partial charge < -0.3 is 9.13 Å². The smallest absolute Gasteiger partial charge is 0.220 e. The molecule has 6 heteroatoms. The van der Waals surface area contributed by atoms with Crippen LogP contribution >= 0.6 is 22.7 Å². The average molecular weight is 923 g/mol. The summed E-state index contributed by atoms with van der Waals surface area (Å²) in [6, 6.07) is 76.1. The fourth-order valence-corrected chi connectivity index (χ4v) is 14.2. The van der Waals surface area contributed by atoms with Crippen molar-refractivity contribution in [3.8, 4) is 39.7 Å². The van der Waals surface area contributed by atoms with Gasteiger partial charge in [-0.2, -0.15) is 5.26 Å². The van der Waals surface area contributed by atoms with E-state index in [1.54, 1.807) is 0 Å². The monoisotopic (exact) mass is 922 g/mol. The molecule has 0 aliphatic rings. The van der Waals surface area contributed by atoms with E-state index in [1.807, 2.05) is 34.8 Å². The Morgan fingerprint density at radius 1 is 0.386 bits per heavy atom. The van der Waals surface area contributed by atoms with Crippen LogP contribution in [-0.2, 0) is 0 Å². The summed E-state index contributed by atoms with van der Waals surface area (Å²) >= 11 is 3.64. The standard InChI is InChI=1S/C64H34N4S2/c1-66-60-56(43-26-14-18-37-16-2-4-20-39(37)43)49(36-65)61(67-50-28-10-6-24-47(50)57-52(67)34-32-45-41-22-8-12-30-54(41)69-63(45)57)59(44-27-15-19-38-17-3-5-21-40(38)44)62(60)68-51-29-11-7-25-48(51)58-53(68)35-33-46-42-23-9-13-31-55(42)70-64(46)58/h2-35H. The molecule has 0 bridgehead atoms. The van der Waals surface area contributed by atoms with Gasteiger partial charge in [-0.1, -0.05) is 170 Å². The highest BCUT2D eigenvalue weighted by atomic mass is 32.1. The summed E-state index contributed by atoms with van der Waals surface area (Å²) in [6.45, 7) is 9.55. The van der Waals surface area contributed by atoms with Gasteiger partial charge >= 0.3 is 0 Å². The van der Waals surface area contributed by atoms with E-state index in [9.17, 15) is 11.8 Å². The van der Waals surface area contributed by atoms with E-state index in [-0.39, 0.29) is 0 Å². The lowest BCUT2D eigenvalue weighted by Gasteiger charge is -2.26. The number of para-hydroxylation sites is 2. The highest BCUT2D eigenvalue weighted by Gasteiger charge is 2.33. The molecule has 15 rings (SSSR count). The number of thiophene rings is 2. The molecule has 0 atom stereocenters. The van der Waals surface area contributed by atoms with Gasteiger partial charge in [0.05, 0.1) is 45.6 Å². The lowest BCUT2D eigenvalue weighted by Crippen LogP contribution is -2.09. The minimum Gasteiger partial charge on any atom is -0.318 e. The van der Waals surface area contributed by atoms with Crippen LogP contribution in [0.15, 0.2) is 206 Å². The van der Waals surface area contributed by atoms with Crippen molar-refractivity contribution in [3.05, 3.63) is 223 Å². The molecule has 11 aromatic carbocycles. The second-order valence-electron chi connectivity index (χ2n) is 18.0. The number of fused-ring (bicyclic) bond motifs is 16. The molecule has 0 saturated heterocycles. The van der Waals surface area contributed by atoms with Crippen LogP contribution < -0.4 is 0 Å². The topological polar surface area (TPSA) is 38.0 Å². The van der Waals surface area contributed by atoms with Gasteiger partial charge in [0, 0.05) is 73.0 Å². The van der Waals surface area contributed by atoms with Crippen LogP contribution in [0.2, 0.25) is 0 Å². The predicted octanol–water partition coefficient (Wildman–Crippen LogP) is 18.7. The van der Waals surface area contributed by atoms with Crippen molar-refractivity contribution in [1.29, 1.82) is 5.26 Å². The van der Waals surface area contributed by atoms with Crippen molar-refractivity contribution in [3.63, 3.8) is 0 Å². The van der Waals surface area contributed by atoms with Gasteiger partial charge in [0.2, 0.25) is 5.69 Å². The summed E-state index contributed by atoms with van der Waals surface area (Å²) in [6.07, 6.45) is 0. The van der Waals surface area contributed by atoms with Crippen LogP contribution in [0.5, 0.6) is 0 Å². The van der Waals surface area contributed by atoms with Gasteiger partial charge in [0.15, 0.2) is 0 Å². The Morgan fingerprint density at radius 3 is 1.33 bits per heavy atom. The molecule has 15 aromatic rings. The van der Waals surface area contributed by atoms with Gasteiger partial charge in [-0.25, -0.2) is 4.85 Å². The fourth-order valence-electron chi connectivity index (χ4n) is 11.7. The van der Waals surface area contributed by atoms with Gasteiger partial charge in [-0.05, 0) is 69.1 Å². The minimum atomic E-state index is 0.423. The molecular weight excluding hydrogens is 889 g/mol. The maximum atomic E-state index is 12.2. The molecule has 0 aliphatic heterocycles. The first-order chi connectivity index (χ1) is 34.7. The fraction of sp³-hybridized carbons (Fsp3) is 0. The molecule has 0 aliphatic carbocycles. The Hall–Kier alpha value is -9.04. The number of nitriles is 1. The van der Waals surface area contributed by atoms with Crippen LogP contribution in [-0.4, -0.2) is 9.13 Å². The number of aromatic nitrogens is 2. The van der Waals surface area contributed by atoms with Crippen LogP contribution in [0.3, 0.4) is 0 Å². The van der Waals surface area contributed by atoms with Crippen molar-refractivity contribution in [2.45, 2.75) is 0 Å². The zero-order chi connectivity index (χ0) is 46.2. The van der Waals surface area contributed by atoms with Gasteiger partial charge in [0.25, 0.3) is 0 Å². The van der Waals surface area contributed by atoms with Crippen LogP contribution in [0.25, 0.3) is 144 Å². The normalized spacial score (nSPS) is 12.0. The quantitative estimate of drug-likeness (QED) is 0.162. The number of hydrogen-bond donors (Lipinski definition) is 0. The molecular formula is C64H34N4S2. The number of hydrogen-bond acceptors (Lipinski definition) is 3. The highest BCUT2D eigenvalue weighted by molar-refractivity contribution is 7.27. The van der Waals surface area contributed by atoms with Crippen molar-refractivity contribution in [2.75, 3.05) is 0 Å². The molecule has 4 nitrogen and oxygen atoms in total. The molecule has 0 fully saturated rings. The summed E-state index contributed by atoms with van der Waals surface area (Å²) in [5.41, 5.74) is 9.54. The number of benzene rings is 11. The average Bonchev–Trinajstić information content (AvgIpc) is 4.18. The SMILES string of the molecule is [C-]#[N+]c1c(-c2cccc3ccccc23)c(C#N)c(-n2c3ccccc3c3c4sc5ccccc5c4ccc32)c(-c2cccc3ccccc23)c1-n1c2ccccc2c2c3sc4ccccc4c3ccc21. The second kappa shape index (κ2) is 14.7. The summed E-state index contributed by atoms with van der Waals surface area (Å²) in [4.78, 5) is 4.68. The number of nitrogens with zero attached hydrogens (tertiary/aromatic N) is 4. The lowest BCUT2D eigenvalue weighted by molar-refractivity contribution is 1.14. The third-order valence-electron chi connectivity index (χ3n) is 14.6. The van der Waals surface area contributed by atoms with E-state index >= 15 is 0 Å². The summed E-state index contributed by atoms with van der Waals surface area (Å²) in [5, 5.41) is 25.7. The van der Waals surface area contributed by atoms with E-state index in [2.05, 4.69) is 214 Å². The van der Waals surface area contributed by atoms with E-state index < -0.39 is 0 Å². The first-order valence-corrected chi connectivity index (χ1v) is 25.0. The third kappa shape index (κ3) is 5.21. The molecule has 4 aromatic heterocycles. The van der Waals surface area contributed by atoms with Crippen LogP contribution in [0, 0.1) is 17.9 Å². The van der Waals surface area contributed by atoms with Crippen molar-refractivity contribution < 1.29 is 0 Å². The third-order valence-corrected chi connectivity index (χ3v) is 17.0. The van der Waals surface area contributed by atoms with Gasteiger partial charge in [-0.15, -0.1) is 22.7 Å². The maximum absolute atomic E-state index is 12.2. The molecule has 0 N–H and O–H groups in total. The Kier molecular flexibility index (Phi) is 8.21. The summed E-state index contributed by atoms with van der Waals surface area (Å²) in [7, 11) is 0. The Balaban J connectivity index is 1.24. The highest BCUT2D eigenvalue weighted by Crippen LogP contribution is 2.55. The molecule has 70 heavy (non-hydrogen) atoms. The van der Waals surface area contributed by atoms with Crippen molar-refractivity contribution in [1.82, 2.24) is 9.13 Å². The molecule has 0 spiro atoms. The summed E-state index contributed by atoms with van der Waals surface area (Å²) < 4.78 is 9.60. The molecule has 4 heterocycles. The minimum absolute atomic E-state index is 0.423. The van der Waals surface area contributed by atoms with Crippen LogP contribution in [0.1, 0.15) is 5.56 Å². The maximum Gasteiger partial charge on any atom is 0.220 e. The largest absolute Gasteiger partial charge is 0.318 e. The van der Waals surface area contributed by atoms with E-state index in [0.717, 1.165) is 93.2 Å². The lowest BCUT2D eigenvalue weighted by atomic mass is 9.86. The molecule has 0 unspecified atom stereocenters. The number of rotatable bonds is 4. The second-order valence-corrected chi connectivity index (χ2v) is 20.1. The summed E-state index contributed by atoms with van der Waals surface area (Å²) in [5.74, 6) is 0. The zero-order valence-corrected chi connectivity index (χ0v) is 38.9. The van der Waals surface area contributed by atoms with E-state index in [0.29, 0.717) is 16.8 Å². The predicted molar refractivity (Wildman–Crippen MR) is 298 cm³/mol. The first-order valence-electron chi connectivity index (χ1n) is 23.4. The van der Waals surface area contributed by atoms with Gasteiger partial charge in [0.1, 0.15) is 6.07 Å². The van der Waals surface area contributed by atoms with E-state index in [1.165, 1.54) is 40.3 Å². The Labute approximate surface area is 408 Å². The zero-order valence-electron chi connectivity index (χ0n) is 37.2. The van der Waals surface area contributed by atoms with Crippen molar-refractivity contribution >= 4 is 134 Å². The van der Waals surface area contributed by atoms with Crippen molar-refractivity contribution in [2.24, 2.45) is 0 Å².